The van der Waals surface area contributed by atoms with Crippen molar-refractivity contribution in [2.75, 3.05) is 37.8 Å². The number of nitrogens with one attached hydrogen (secondary N) is 1. The van der Waals surface area contributed by atoms with Crippen molar-refractivity contribution < 1.29 is 14.3 Å². The Kier molecular flexibility index (Phi) is 6.01. The van der Waals surface area contributed by atoms with Crippen molar-refractivity contribution in [3.63, 3.8) is 0 Å². The van der Waals surface area contributed by atoms with E-state index in [2.05, 4.69) is 20.2 Å². The van der Waals surface area contributed by atoms with Gasteiger partial charge in [-0.3, -0.25) is 4.79 Å². The number of anilines is 1. The zero-order chi connectivity index (χ0) is 18.4. The number of morpholine rings is 1. The molecule has 0 radical (unpaired) electrons. The Morgan fingerprint density at radius 3 is 2.65 bits per heavy atom. The van der Waals surface area contributed by atoms with Crippen molar-refractivity contribution in [3.05, 3.63) is 47.2 Å². The molecule has 7 heteroatoms. The number of nitrogens with zero attached hydrogens (tertiary/aromatic N) is 3. The SMILES string of the molecule is Cc1ccc(CNC(=O)COc2cc(C)nc(N3CCOCC3)n2)cc1. The first-order valence-corrected chi connectivity index (χ1v) is 8.73. The van der Waals surface area contributed by atoms with Gasteiger partial charge in [0.25, 0.3) is 5.91 Å². The molecule has 0 spiro atoms. The number of carbonyl (C=O) groups excluding carboxylic acids is 1. The van der Waals surface area contributed by atoms with Crippen LogP contribution in [0.1, 0.15) is 16.8 Å². The van der Waals surface area contributed by atoms with Crippen molar-refractivity contribution in [2.45, 2.75) is 20.4 Å². The number of ether oxygens (including phenoxy) is 2. The Morgan fingerprint density at radius 1 is 1.19 bits per heavy atom. The summed E-state index contributed by atoms with van der Waals surface area (Å²) in [4.78, 5) is 22.9. The largest absolute Gasteiger partial charge is 0.467 e. The number of benzene rings is 1. The van der Waals surface area contributed by atoms with Gasteiger partial charge >= 0.3 is 0 Å². The Morgan fingerprint density at radius 2 is 1.92 bits per heavy atom. The average Bonchev–Trinajstić information content (AvgIpc) is 2.66. The van der Waals surface area contributed by atoms with E-state index in [1.807, 2.05) is 38.1 Å². The highest BCUT2D eigenvalue weighted by atomic mass is 16.5. The maximum absolute atomic E-state index is 12.0. The van der Waals surface area contributed by atoms with Crippen molar-refractivity contribution in [1.29, 1.82) is 0 Å². The maximum atomic E-state index is 12.0. The molecule has 1 aliphatic rings. The van der Waals surface area contributed by atoms with Gasteiger partial charge in [-0.1, -0.05) is 29.8 Å². The summed E-state index contributed by atoms with van der Waals surface area (Å²) in [7, 11) is 0. The molecular formula is C19H24N4O3. The molecule has 1 amide bonds. The first kappa shape index (κ1) is 18.1. The van der Waals surface area contributed by atoms with Crippen molar-refractivity contribution in [1.82, 2.24) is 15.3 Å². The molecule has 0 saturated carbocycles. The maximum Gasteiger partial charge on any atom is 0.258 e. The number of hydrogen-bond donors (Lipinski definition) is 1. The zero-order valence-electron chi connectivity index (χ0n) is 15.2. The van der Waals surface area contributed by atoms with Crippen LogP contribution in [0.4, 0.5) is 5.95 Å². The number of hydrogen-bond acceptors (Lipinski definition) is 6. The second-order valence-electron chi connectivity index (χ2n) is 6.30. The van der Waals surface area contributed by atoms with Gasteiger partial charge in [-0.25, -0.2) is 4.98 Å². The first-order chi connectivity index (χ1) is 12.6. The molecule has 2 aromatic rings. The molecule has 1 saturated heterocycles. The molecule has 0 bridgehead atoms. The molecule has 1 aliphatic heterocycles. The van der Waals surface area contributed by atoms with E-state index < -0.39 is 0 Å². The molecule has 7 nitrogen and oxygen atoms in total. The standard InChI is InChI=1S/C19H24N4O3/c1-14-3-5-16(6-4-14)12-20-17(24)13-26-18-11-15(2)21-19(22-18)23-7-9-25-10-8-23/h3-6,11H,7-10,12-13H2,1-2H3,(H,20,24). The monoisotopic (exact) mass is 356 g/mol. The predicted molar refractivity (Wildman–Crippen MR) is 98.3 cm³/mol. The third kappa shape index (κ3) is 5.16. The summed E-state index contributed by atoms with van der Waals surface area (Å²) in [5.41, 5.74) is 3.05. The minimum atomic E-state index is -0.185. The molecule has 26 heavy (non-hydrogen) atoms. The highest BCUT2D eigenvalue weighted by Crippen LogP contribution is 2.16. The van der Waals surface area contributed by atoms with Crippen molar-refractivity contribution in [2.24, 2.45) is 0 Å². The second kappa shape index (κ2) is 8.62. The summed E-state index contributed by atoms with van der Waals surface area (Å²) in [6.07, 6.45) is 0. The van der Waals surface area contributed by atoms with Gasteiger partial charge in [0.15, 0.2) is 6.61 Å². The van der Waals surface area contributed by atoms with E-state index in [0.717, 1.165) is 24.3 Å². The lowest BCUT2D eigenvalue weighted by atomic mass is 10.1. The summed E-state index contributed by atoms with van der Waals surface area (Å²) in [5, 5.41) is 2.85. The number of amides is 1. The summed E-state index contributed by atoms with van der Waals surface area (Å²) >= 11 is 0. The van der Waals surface area contributed by atoms with E-state index in [0.29, 0.717) is 31.6 Å². The number of carbonyl (C=O) groups is 1. The highest BCUT2D eigenvalue weighted by molar-refractivity contribution is 5.77. The van der Waals surface area contributed by atoms with Crippen LogP contribution in [0.5, 0.6) is 5.88 Å². The summed E-state index contributed by atoms with van der Waals surface area (Å²) in [6, 6.07) is 9.78. The number of rotatable bonds is 6. The molecule has 1 aromatic heterocycles. The van der Waals surface area contributed by atoms with Crippen LogP contribution in [0.3, 0.4) is 0 Å². The number of aryl methyl sites for hydroxylation is 2. The minimum Gasteiger partial charge on any atom is -0.467 e. The second-order valence-corrected chi connectivity index (χ2v) is 6.30. The summed E-state index contributed by atoms with van der Waals surface area (Å²) in [5.74, 6) is 0.836. The molecule has 3 rings (SSSR count). The van der Waals surface area contributed by atoms with Gasteiger partial charge in [-0.2, -0.15) is 4.98 Å². The molecule has 1 aromatic carbocycles. The topological polar surface area (TPSA) is 76.6 Å². The van der Waals surface area contributed by atoms with Gasteiger partial charge in [0.05, 0.1) is 13.2 Å². The zero-order valence-corrected chi connectivity index (χ0v) is 15.2. The molecular weight excluding hydrogens is 332 g/mol. The molecule has 1 N–H and O–H groups in total. The Balaban J connectivity index is 1.52. The molecule has 0 aliphatic carbocycles. The van der Waals surface area contributed by atoms with Crippen LogP contribution in [-0.2, 0) is 16.1 Å². The van der Waals surface area contributed by atoms with E-state index in [-0.39, 0.29) is 12.5 Å². The van der Waals surface area contributed by atoms with Crippen LogP contribution in [0.15, 0.2) is 30.3 Å². The molecule has 1 fully saturated rings. The third-order valence-corrected chi connectivity index (χ3v) is 4.07. The average molecular weight is 356 g/mol. The van der Waals surface area contributed by atoms with Gasteiger partial charge < -0.3 is 19.7 Å². The van der Waals surface area contributed by atoms with E-state index in [1.165, 1.54) is 5.56 Å². The third-order valence-electron chi connectivity index (χ3n) is 4.07. The Hall–Kier alpha value is -2.67. The lowest BCUT2D eigenvalue weighted by Crippen LogP contribution is -2.37. The Labute approximate surface area is 153 Å². The smallest absolute Gasteiger partial charge is 0.258 e. The van der Waals surface area contributed by atoms with Crippen LogP contribution in [0, 0.1) is 13.8 Å². The normalized spacial score (nSPS) is 14.2. The van der Waals surface area contributed by atoms with Crippen LogP contribution in [-0.4, -0.2) is 48.8 Å². The minimum absolute atomic E-state index is 0.0785. The predicted octanol–water partition coefficient (Wildman–Crippen LogP) is 1.63. The van der Waals surface area contributed by atoms with Gasteiger partial charge in [-0.05, 0) is 19.4 Å². The molecule has 0 atom stereocenters. The van der Waals surface area contributed by atoms with Gasteiger partial charge in [0.1, 0.15) is 0 Å². The van der Waals surface area contributed by atoms with Crippen LogP contribution in [0.25, 0.3) is 0 Å². The van der Waals surface area contributed by atoms with Gasteiger partial charge in [-0.15, -0.1) is 0 Å². The van der Waals surface area contributed by atoms with E-state index in [9.17, 15) is 4.79 Å². The molecule has 0 unspecified atom stereocenters. The quantitative estimate of drug-likeness (QED) is 0.848. The van der Waals surface area contributed by atoms with E-state index in [4.69, 9.17) is 9.47 Å². The van der Waals surface area contributed by atoms with Crippen molar-refractivity contribution >= 4 is 11.9 Å². The fourth-order valence-electron chi connectivity index (χ4n) is 2.60. The molecule has 2 heterocycles. The van der Waals surface area contributed by atoms with Crippen molar-refractivity contribution in [3.8, 4) is 5.88 Å². The van der Waals surface area contributed by atoms with Crippen LogP contribution < -0.4 is 15.0 Å². The Bertz CT molecular complexity index is 743. The lowest BCUT2D eigenvalue weighted by molar-refractivity contribution is -0.123. The fourth-order valence-corrected chi connectivity index (χ4v) is 2.60. The highest BCUT2D eigenvalue weighted by Gasteiger charge is 2.15. The molecule has 138 valence electrons. The summed E-state index contributed by atoms with van der Waals surface area (Å²) in [6.45, 7) is 7.14. The van der Waals surface area contributed by atoms with Gasteiger partial charge in [0.2, 0.25) is 11.8 Å². The van der Waals surface area contributed by atoms with E-state index >= 15 is 0 Å². The van der Waals surface area contributed by atoms with Crippen LogP contribution >= 0.6 is 0 Å². The number of aromatic nitrogens is 2. The van der Waals surface area contributed by atoms with E-state index in [1.54, 1.807) is 6.07 Å². The lowest BCUT2D eigenvalue weighted by Gasteiger charge is -2.27. The first-order valence-electron chi connectivity index (χ1n) is 8.73. The fraction of sp³-hybridized carbons (Fsp3) is 0.421. The summed E-state index contributed by atoms with van der Waals surface area (Å²) < 4.78 is 10.9. The van der Waals surface area contributed by atoms with Crippen LogP contribution in [0.2, 0.25) is 0 Å². The van der Waals surface area contributed by atoms with Gasteiger partial charge in [0, 0.05) is 31.4 Å².